The lowest BCUT2D eigenvalue weighted by molar-refractivity contribution is 0.319. The topological polar surface area (TPSA) is 44.6 Å². The number of nitrogens with zero attached hydrogens (tertiary/aromatic N) is 1. The summed E-state index contributed by atoms with van der Waals surface area (Å²) in [5.74, 6) is 0. The van der Waals surface area contributed by atoms with E-state index in [-0.39, 0.29) is 6.04 Å². The molecule has 11 heavy (non-hydrogen) atoms. The summed E-state index contributed by atoms with van der Waals surface area (Å²) in [5, 5.41) is 14.3. The van der Waals surface area contributed by atoms with Gasteiger partial charge in [-0.15, -0.1) is 5.16 Å². The van der Waals surface area contributed by atoms with Crippen LogP contribution in [0.25, 0.3) is 0 Å². The summed E-state index contributed by atoms with van der Waals surface area (Å²) < 4.78 is 0. The number of hydrogen-bond donors (Lipinski definition) is 2. The van der Waals surface area contributed by atoms with Crippen LogP contribution in [0.4, 0.5) is 0 Å². The van der Waals surface area contributed by atoms with Crippen LogP contribution in [-0.2, 0) is 0 Å². The van der Waals surface area contributed by atoms with Gasteiger partial charge >= 0.3 is 0 Å². The summed E-state index contributed by atoms with van der Waals surface area (Å²) in [5.41, 5.74) is 1.53. The van der Waals surface area contributed by atoms with Gasteiger partial charge in [-0.2, -0.15) is 0 Å². The van der Waals surface area contributed by atoms with Crippen molar-refractivity contribution in [2.24, 2.45) is 5.16 Å². The monoisotopic (exact) mass is 154 g/mol. The highest BCUT2D eigenvalue weighted by atomic mass is 16.4. The summed E-state index contributed by atoms with van der Waals surface area (Å²) >= 11 is 0. The Hall–Kier alpha value is -0.830. The first-order valence-corrected chi connectivity index (χ1v) is 3.92. The van der Waals surface area contributed by atoms with Gasteiger partial charge in [0.2, 0.25) is 0 Å². The van der Waals surface area contributed by atoms with E-state index in [1.807, 2.05) is 6.92 Å². The molecule has 1 rings (SSSR count). The second kappa shape index (κ2) is 4.13. The normalized spacial score (nSPS) is 18.8. The van der Waals surface area contributed by atoms with E-state index in [9.17, 15) is 0 Å². The zero-order valence-corrected chi connectivity index (χ0v) is 6.75. The van der Waals surface area contributed by atoms with Gasteiger partial charge in [0, 0.05) is 12.6 Å². The number of rotatable bonds is 4. The van der Waals surface area contributed by atoms with E-state index in [0.29, 0.717) is 0 Å². The number of nitrogens with one attached hydrogen (secondary N) is 1. The molecule has 0 heterocycles. The van der Waals surface area contributed by atoms with Crippen molar-refractivity contribution in [2.75, 3.05) is 6.54 Å². The maximum absolute atomic E-state index is 8.17. The standard InChI is InChI=1S/C8H14N2O/c1-7(6-10-11)9-5-4-8-2-3-8/h4,6-7,9,11H,2-3,5H2,1H3/b10-6+/t7-/m0/s1. The second-order valence-corrected chi connectivity index (χ2v) is 2.82. The molecule has 0 radical (unpaired) electrons. The maximum atomic E-state index is 8.17. The molecule has 0 bridgehead atoms. The third-order valence-corrected chi connectivity index (χ3v) is 1.66. The largest absolute Gasteiger partial charge is 0.411 e. The smallest absolute Gasteiger partial charge is 0.0602 e. The molecule has 0 unspecified atom stereocenters. The molecule has 1 saturated carbocycles. The van der Waals surface area contributed by atoms with Crippen molar-refractivity contribution in [3.8, 4) is 0 Å². The fraction of sp³-hybridized carbons (Fsp3) is 0.625. The van der Waals surface area contributed by atoms with Crippen LogP contribution < -0.4 is 5.32 Å². The Morgan fingerprint density at radius 2 is 2.45 bits per heavy atom. The molecule has 0 aromatic carbocycles. The first-order chi connectivity index (χ1) is 5.33. The Balaban J connectivity index is 2.05. The van der Waals surface area contributed by atoms with E-state index in [0.717, 1.165) is 6.54 Å². The van der Waals surface area contributed by atoms with E-state index in [1.165, 1.54) is 24.6 Å². The van der Waals surface area contributed by atoms with Crippen LogP contribution in [0, 0.1) is 0 Å². The van der Waals surface area contributed by atoms with Crippen molar-refractivity contribution in [3.63, 3.8) is 0 Å². The van der Waals surface area contributed by atoms with Crippen LogP contribution in [0.2, 0.25) is 0 Å². The molecule has 62 valence electrons. The number of hydrogen-bond acceptors (Lipinski definition) is 3. The van der Waals surface area contributed by atoms with E-state index < -0.39 is 0 Å². The Labute approximate surface area is 66.8 Å². The van der Waals surface area contributed by atoms with Crippen LogP contribution in [0.5, 0.6) is 0 Å². The third-order valence-electron chi connectivity index (χ3n) is 1.66. The third kappa shape index (κ3) is 3.78. The molecule has 3 heteroatoms. The Morgan fingerprint density at radius 3 is 3.00 bits per heavy atom. The van der Waals surface area contributed by atoms with E-state index >= 15 is 0 Å². The molecular formula is C8H14N2O. The lowest BCUT2D eigenvalue weighted by Gasteiger charge is -2.03. The summed E-state index contributed by atoms with van der Waals surface area (Å²) in [6.07, 6.45) is 6.21. The molecule has 1 aliphatic carbocycles. The van der Waals surface area contributed by atoms with Gasteiger partial charge < -0.3 is 10.5 Å². The van der Waals surface area contributed by atoms with Crippen LogP contribution in [0.1, 0.15) is 19.8 Å². The molecule has 0 aromatic heterocycles. The van der Waals surface area contributed by atoms with Crippen LogP contribution in [0.3, 0.4) is 0 Å². The first-order valence-electron chi connectivity index (χ1n) is 3.92. The fourth-order valence-corrected chi connectivity index (χ4v) is 0.818. The second-order valence-electron chi connectivity index (χ2n) is 2.82. The molecule has 2 N–H and O–H groups in total. The minimum Gasteiger partial charge on any atom is -0.411 e. The first kappa shape index (κ1) is 8.27. The molecular weight excluding hydrogens is 140 g/mol. The van der Waals surface area contributed by atoms with Crippen molar-refractivity contribution in [1.29, 1.82) is 0 Å². The minimum absolute atomic E-state index is 0.149. The molecule has 1 atom stereocenters. The minimum atomic E-state index is 0.149. The average molecular weight is 154 g/mol. The molecule has 1 aliphatic rings. The van der Waals surface area contributed by atoms with Crippen LogP contribution >= 0.6 is 0 Å². The van der Waals surface area contributed by atoms with Gasteiger partial charge in [-0.05, 0) is 19.8 Å². The zero-order chi connectivity index (χ0) is 8.10. The van der Waals surface area contributed by atoms with Gasteiger partial charge in [-0.1, -0.05) is 11.6 Å². The number of allylic oxidation sites excluding steroid dienone is 1. The quantitative estimate of drug-likeness (QED) is 0.276. The fourth-order valence-electron chi connectivity index (χ4n) is 0.818. The summed E-state index contributed by atoms with van der Waals surface area (Å²) in [4.78, 5) is 0. The summed E-state index contributed by atoms with van der Waals surface area (Å²) in [6.45, 7) is 2.83. The van der Waals surface area contributed by atoms with Crippen molar-refractivity contribution >= 4 is 6.21 Å². The van der Waals surface area contributed by atoms with Gasteiger partial charge in [0.1, 0.15) is 0 Å². The molecule has 0 saturated heterocycles. The molecule has 0 spiro atoms. The number of oxime groups is 1. The van der Waals surface area contributed by atoms with Crippen molar-refractivity contribution in [3.05, 3.63) is 11.6 Å². The highest BCUT2D eigenvalue weighted by Gasteiger charge is 2.09. The van der Waals surface area contributed by atoms with Gasteiger partial charge in [0.15, 0.2) is 0 Å². The SMILES string of the molecule is C[C@@H](/C=N/O)NCC=C1CC1. The summed E-state index contributed by atoms with van der Waals surface area (Å²) in [7, 11) is 0. The maximum Gasteiger partial charge on any atom is 0.0602 e. The predicted octanol–water partition coefficient (Wildman–Crippen LogP) is 1.14. The van der Waals surface area contributed by atoms with E-state index in [2.05, 4.69) is 16.5 Å². The lowest BCUT2D eigenvalue weighted by Crippen LogP contribution is -2.27. The summed E-state index contributed by atoms with van der Waals surface area (Å²) in [6, 6.07) is 0.149. The molecule has 0 aliphatic heterocycles. The van der Waals surface area contributed by atoms with Crippen LogP contribution in [0.15, 0.2) is 16.8 Å². The average Bonchev–Trinajstić information content (AvgIpc) is 2.72. The molecule has 0 amide bonds. The highest BCUT2D eigenvalue weighted by Crippen LogP contribution is 2.26. The Kier molecular flexibility index (Phi) is 3.11. The Morgan fingerprint density at radius 1 is 1.73 bits per heavy atom. The van der Waals surface area contributed by atoms with E-state index in [4.69, 9.17) is 5.21 Å². The van der Waals surface area contributed by atoms with Gasteiger partial charge in [-0.3, -0.25) is 0 Å². The van der Waals surface area contributed by atoms with Gasteiger partial charge in [-0.25, -0.2) is 0 Å². The van der Waals surface area contributed by atoms with Crippen molar-refractivity contribution < 1.29 is 5.21 Å². The molecule has 1 fully saturated rings. The predicted molar refractivity (Wildman–Crippen MR) is 45.1 cm³/mol. The Bertz CT molecular complexity index is 169. The van der Waals surface area contributed by atoms with Gasteiger partial charge in [0.25, 0.3) is 0 Å². The van der Waals surface area contributed by atoms with E-state index in [1.54, 1.807) is 0 Å². The highest BCUT2D eigenvalue weighted by molar-refractivity contribution is 5.62. The van der Waals surface area contributed by atoms with Gasteiger partial charge in [0.05, 0.1) is 6.21 Å². The zero-order valence-electron chi connectivity index (χ0n) is 6.75. The molecule has 0 aromatic rings. The lowest BCUT2D eigenvalue weighted by atomic mass is 10.3. The van der Waals surface area contributed by atoms with Crippen LogP contribution in [-0.4, -0.2) is 24.0 Å². The van der Waals surface area contributed by atoms with Crippen molar-refractivity contribution in [1.82, 2.24) is 5.32 Å². The molecule has 3 nitrogen and oxygen atoms in total. The van der Waals surface area contributed by atoms with Crippen molar-refractivity contribution in [2.45, 2.75) is 25.8 Å².